The number of benzene rings is 1. The largest absolute Gasteiger partial charge is 0.467 e. The summed E-state index contributed by atoms with van der Waals surface area (Å²) in [6.07, 6.45) is 2.08. The molecule has 1 aliphatic heterocycles. The Bertz CT molecular complexity index is 784. The number of furan rings is 1. The second-order valence-corrected chi connectivity index (χ2v) is 5.87. The van der Waals surface area contributed by atoms with Crippen molar-refractivity contribution in [2.45, 2.75) is 25.9 Å². The molecule has 0 bridgehead atoms. The lowest BCUT2D eigenvalue weighted by Gasteiger charge is -2.25. The third-order valence-electron chi connectivity index (χ3n) is 3.92. The third-order valence-corrected chi connectivity index (χ3v) is 3.92. The molecule has 1 aromatic heterocycles. The van der Waals surface area contributed by atoms with E-state index in [1.807, 2.05) is 0 Å². The summed E-state index contributed by atoms with van der Waals surface area (Å²) in [5, 5.41) is 5.48. The fourth-order valence-corrected chi connectivity index (χ4v) is 2.57. The lowest BCUT2D eigenvalue weighted by Crippen LogP contribution is -2.39. The fourth-order valence-electron chi connectivity index (χ4n) is 2.57. The molecule has 0 N–H and O–H groups in total. The molecule has 7 heteroatoms. The average molecular weight is 343 g/mol. The molecule has 0 spiro atoms. The van der Waals surface area contributed by atoms with Gasteiger partial charge in [0.25, 0.3) is 5.91 Å². The van der Waals surface area contributed by atoms with E-state index in [0.717, 1.165) is 5.56 Å². The van der Waals surface area contributed by atoms with Gasteiger partial charge < -0.3 is 9.32 Å². The number of carbonyl (C=O) groups is 2. The maximum Gasteiger partial charge on any atom is 0.270 e. The molecule has 2 heterocycles. The zero-order valence-electron chi connectivity index (χ0n) is 13.8. The second kappa shape index (κ2) is 7.29. The van der Waals surface area contributed by atoms with Gasteiger partial charge in [-0.3, -0.25) is 9.59 Å². The Morgan fingerprint density at radius 3 is 2.72 bits per heavy atom. The van der Waals surface area contributed by atoms with Gasteiger partial charge in [0.15, 0.2) is 0 Å². The van der Waals surface area contributed by atoms with E-state index in [1.165, 1.54) is 22.0 Å². The van der Waals surface area contributed by atoms with Crippen LogP contribution in [0.2, 0.25) is 0 Å². The first-order chi connectivity index (χ1) is 12.0. The molecule has 2 aromatic rings. The zero-order valence-corrected chi connectivity index (χ0v) is 13.8. The Morgan fingerprint density at radius 1 is 1.28 bits per heavy atom. The molecule has 25 heavy (non-hydrogen) atoms. The van der Waals surface area contributed by atoms with E-state index in [1.54, 1.807) is 37.6 Å². The summed E-state index contributed by atoms with van der Waals surface area (Å²) in [5.74, 6) is -0.0679. The summed E-state index contributed by atoms with van der Waals surface area (Å²) in [5.41, 5.74) is 1.08. The number of hydrogen-bond acceptors (Lipinski definition) is 4. The molecule has 0 saturated heterocycles. The first-order valence-corrected chi connectivity index (χ1v) is 7.93. The maximum atomic E-state index is 13.0. The van der Waals surface area contributed by atoms with E-state index in [2.05, 4.69) is 5.10 Å². The first-order valence-electron chi connectivity index (χ1n) is 7.93. The summed E-state index contributed by atoms with van der Waals surface area (Å²) in [6, 6.07) is 9.40. The Kier molecular flexibility index (Phi) is 4.92. The molecule has 1 aliphatic rings. The van der Waals surface area contributed by atoms with E-state index in [-0.39, 0.29) is 30.6 Å². The number of carbonyl (C=O) groups excluding carboxylic acids is 2. The van der Waals surface area contributed by atoms with Crippen molar-refractivity contribution in [3.8, 4) is 0 Å². The summed E-state index contributed by atoms with van der Waals surface area (Å²) < 4.78 is 18.2. The van der Waals surface area contributed by atoms with Crippen LogP contribution in [-0.4, -0.2) is 34.5 Å². The zero-order chi connectivity index (χ0) is 17.8. The van der Waals surface area contributed by atoms with E-state index in [9.17, 15) is 14.0 Å². The summed E-state index contributed by atoms with van der Waals surface area (Å²) in [7, 11) is 1.66. The van der Waals surface area contributed by atoms with Crippen LogP contribution in [0.25, 0.3) is 0 Å². The van der Waals surface area contributed by atoms with Crippen LogP contribution in [0.4, 0.5) is 4.39 Å². The molecule has 0 fully saturated rings. The number of nitrogens with zero attached hydrogens (tertiary/aromatic N) is 3. The predicted octanol–water partition coefficient (Wildman–Crippen LogP) is 2.56. The van der Waals surface area contributed by atoms with E-state index in [4.69, 9.17) is 4.42 Å². The van der Waals surface area contributed by atoms with Gasteiger partial charge in [-0.2, -0.15) is 5.10 Å². The van der Waals surface area contributed by atoms with Crippen LogP contribution in [0.15, 0.2) is 52.2 Å². The number of rotatable bonds is 5. The van der Waals surface area contributed by atoms with Crippen LogP contribution in [0.5, 0.6) is 0 Å². The van der Waals surface area contributed by atoms with Crippen LogP contribution in [0.1, 0.15) is 24.2 Å². The van der Waals surface area contributed by atoms with Gasteiger partial charge in [-0.05, 0) is 29.8 Å². The van der Waals surface area contributed by atoms with Crippen LogP contribution in [0, 0.1) is 5.82 Å². The topological polar surface area (TPSA) is 66.1 Å². The Labute approximate surface area is 144 Å². The van der Waals surface area contributed by atoms with Crippen molar-refractivity contribution in [3.05, 3.63) is 59.8 Å². The van der Waals surface area contributed by atoms with Crippen LogP contribution in [0.3, 0.4) is 0 Å². The van der Waals surface area contributed by atoms with Crippen molar-refractivity contribution in [2.75, 3.05) is 7.05 Å². The monoisotopic (exact) mass is 343 g/mol. The van der Waals surface area contributed by atoms with Crippen LogP contribution in [-0.2, 0) is 22.7 Å². The predicted molar refractivity (Wildman–Crippen MR) is 88.8 cm³/mol. The highest BCUT2D eigenvalue weighted by Crippen LogP contribution is 2.16. The summed E-state index contributed by atoms with van der Waals surface area (Å²) in [4.78, 5) is 26.1. The Balaban J connectivity index is 1.70. The number of halogens is 1. The minimum Gasteiger partial charge on any atom is -0.467 e. The second-order valence-electron chi connectivity index (χ2n) is 5.87. The van der Waals surface area contributed by atoms with Crippen molar-refractivity contribution in [3.63, 3.8) is 0 Å². The minimum absolute atomic E-state index is 0.158. The molecule has 6 nitrogen and oxygen atoms in total. The number of hydrazone groups is 1. The van der Waals surface area contributed by atoms with Gasteiger partial charge in [0, 0.05) is 19.9 Å². The Morgan fingerprint density at radius 2 is 2.04 bits per heavy atom. The van der Waals surface area contributed by atoms with Crippen molar-refractivity contribution >= 4 is 17.5 Å². The molecule has 0 saturated carbocycles. The highest BCUT2D eigenvalue weighted by atomic mass is 19.1. The molecule has 0 unspecified atom stereocenters. The third kappa shape index (κ3) is 4.12. The van der Waals surface area contributed by atoms with Gasteiger partial charge in [-0.25, -0.2) is 9.40 Å². The van der Waals surface area contributed by atoms with Gasteiger partial charge in [0.2, 0.25) is 5.91 Å². The van der Waals surface area contributed by atoms with Gasteiger partial charge in [-0.1, -0.05) is 12.1 Å². The van der Waals surface area contributed by atoms with Gasteiger partial charge in [-0.15, -0.1) is 0 Å². The molecule has 3 rings (SSSR count). The lowest BCUT2D eigenvalue weighted by molar-refractivity contribution is -0.132. The molecule has 1 aromatic carbocycles. The molecular formula is C18H18FN3O3. The van der Waals surface area contributed by atoms with Gasteiger partial charge in [0.1, 0.15) is 17.3 Å². The van der Waals surface area contributed by atoms with E-state index >= 15 is 0 Å². The molecule has 2 amide bonds. The van der Waals surface area contributed by atoms with E-state index in [0.29, 0.717) is 24.4 Å². The number of hydrogen-bond donors (Lipinski definition) is 0. The summed E-state index contributed by atoms with van der Waals surface area (Å²) >= 11 is 0. The molecule has 0 radical (unpaired) electrons. The van der Waals surface area contributed by atoms with Crippen LogP contribution >= 0.6 is 0 Å². The number of amides is 2. The van der Waals surface area contributed by atoms with Gasteiger partial charge in [0.05, 0.1) is 19.4 Å². The van der Waals surface area contributed by atoms with Crippen molar-refractivity contribution in [2.24, 2.45) is 5.10 Å². The molecule has 130 valence electrons. The van der Waals surface area contributed by atoms with Crippen molar-refractivity contribution in [1.29, 1.82) is 0 Å². The smallest absolute Gasteiger partial charge is 0.270 e. The normalized spacial score (nSPS) is 14.4. The van der Waals surface area contributed by atoms with Crippen molar-refractivity contribution in [1.82, 2.24) is 9.91 Å². The fraction of sp³-hybridized carbons (Fsp3) is 0.278. The lowest BCUT2D eigenvalue weighted by atomic mass is 10.1. The minimum atomic E-state index is -0.340. The van der Waals surface area contributed by atoms with Gasteiger partial charge >= 0.3 is 0 Å². The summed E-state index contributed by atoms with van der Waals surface area (Å²) in [6.45, 7) is 0.536. The highest BCUT2D eigenvalue weighted by Gasteiger charge is 2.26. The average Bonchev–Trinajstić information content (AvgIpc) is 3.11. The quantitative estimate of drug-likeness (QED) is 0.838. The van der Waals surface area contributed by atoms with E-state index < -0.39 is 0 Å². The molecular weight excluding hydrogens is 325 g/mol. The van der Waals surface area contributed by atoms with Crippen LogP contribution < -0.4 is 0 Å². The highest BCUT2D eigenvalue weighted by molar-refractivity contribution is 6.39. The SMILES string of the molecule is CN(Cc1ccco1)C(=O)C1=NN(Cc2ccc(F)cc2)C(=O)CC1. The maximum absolute atomic E-state index is 13.0. The van der Waals surface area contributed by atoms with Crippen molar-refractivity contribution < 1.29 is 18.4 Å². The Hall–Kier alpha value is -2.96. The molecule has 0 aliphatic carbocycles. The molecule has 0 atom stereocenters. The first kappa shape index (κ1) is 16.9. The standard InChI is InChI=1S/C18H18FN3O3/c1-21(12-15-3-2-10-25-15)18(24)16-8-9-17(23)22(20-16)11-13-4-6-14(19)7-5-13/h2-7,10H,8-9,11-12H2,1H3.